The van der Waals surface area contributed by atoms with Gasteiger partial charge >= 0.3 is 0 Å². The molecule has 1 heterocycles. The molecule has 1 aromatic heterocycles. The maximum absolute atomic E-state index is 10.9. The number of sulfonamides is 1. The van der Waals surface area contributed by atoms with Crippen molar-refractivity contribution < 1.29 is 12.9 Å². The molecule has 0 fully saturated rings. The number of nitrogens with zero attached hydrogens (tertiary/aromatic N) is 1. The maximum atomic E-state index is 10.9. The zero-order valence-corrected chi connectivity index (χ0v) is 6.76. The average Bonchev–Trinajstić information content (AvgIpc) is 2.39. The van der Waals surface area contributed by atoms with Gasteiger partial charge in [-0.3, -0.25) is 4.72 Å². The molecule has 0 saturated carbocycles. The second kappa shape index (κ2) is 2.91. The minimum atomic E-state index is -3.21. The van der Waals surface area contributed by atoms with Gasteiger partial charge in [-0.05, 0) is 6.92 Å². The van der Waals surface area contributed by atoms with Crippen molar-refractivity contribution in [1.29, 1.82) is 0 Å². The van der Waals surface area contributed by atoms with E-state index in [0.29, 0.717) is 0 Å². The van der Waals surface area contributed by atoms with Crippen LogP contribution in [-0.4, -0.2) is 19.3 Å². The van der Waals surface area contributed by atoms with Gasteiger partial charge in [0, 0.05) is 6.07 Å². The predicted octanol–water partition coefficient (Wildman–Crippen LogP) is 0.436. The monoisotopic (exact) mass is 176 g/mol. The molecular formula is C5H8N2O3S. The molecule has 62 valence electrons. The molecule has 0 aliphatic carbocycles. The van der Waals surface area contributed by atoms with Crippen LogP contribution >= 0.6 is 0 Å². The summed E-state index contributed by atoms with van der Waals surface area (Å²) in [6.07, 6.45) is 1.30. The Hall–Kier alpha value is -1.04. The van der Waals surface area contributed by atoms with E-state index >= 15 is 0 Å². The molecule has 0 aromatic carbocycles. The molecule has 1 aromatic rings. The molecule has 0 atom stereocenters. The Morgan fingerprint density at radius 2 is 2.45 bits per heavy atom. The third kappa shape index (κ3) is 2.23. The Labute approximate surface area is 64.4 Å². The van der Waals surface area contributed by atoms with Crippen molar-refractivity contribution in [2.45, 2.75) is 6.92 Å². The zero-order chi connectivity index (χ0) is 8.32. The van der Waals surface area contributed by atoms with Gasteiger partial charge in [0.1, 0.15) is 6.26 Å². The fourth-order valence-corrected chi connectivity index (χ4v) is 1.06. The van der Waals surface area contributed by atoms with Gasteiger partial charge in [0.05, 0.1) is 5.75 Å². The lowest BCUT2D eigenvalue weighted by Crippen LogP contribution is -2.14. The van der Waals surface area contributed by atoms with Crippen LogP contribution in [0.3, 0.4) is 0 Å². The standard InChI is InChI=1S/C5H8N2O3S/c1-2-11(8,9)7-5-3-4-10-6-5/h3-4H,2H2,1H3,(H,6,7). The van der Waals surface area contributed by atoms with Crippen molar-refractivity contribution in [1.82, 2.24) is 5.16 Å². The second-order valence-corrected chi connectivity index (χ2v) is 3.90. The van der Waals surface area contributed by atoms with Crippen LogP contribution in [0.4, 0.5) is 5.82 Å². The molecule has 0 spiro atoms. The van der Waals surface area contributed by atoms with Gasteiger partial charge in [0.15, 0.2) is 5.82 Å². The molecule has 0 aliphatic rings. The highest BCUT2D eigenvalue weighted by atomic mass is 32.2. The number of hydrogen-bond acceptors (Lipinski definition) is 4. The smallest absolute Gasteiger partial charge is 0.233 e. The summed E-state index contributed by atoms with van der Waals surface area (Å²) >= 11 is 0. The van der Waals surface area contributed by atoms with E-state index in [1.807, 2.05) is 0 Å². The highest BCUT2D eigenvalue weighted by Crippen LogP contribution is 2.03. The average molecular weight is 176 g/mol. The lowest BCUT2D eigenvalue weighted by atomic mass is 10.7. The fourth-order valence-electron chi connectivity index (χ4n) is 0.497. The summed E-state index contributed by atoms with van der Waals surface area (Å²) in [5.74, 6) is 0.242. The van der Waals surface area contributed by atoms with Gasteiger partial charge in [-0.2, -0.15) is 0 Å². The molecule has 1 rings (SSSR count). The Morgan fingerprint density at radius 3 is 2.91 bits per heavy atom. The lowest BCUT2D eigenvalue weighted by Gasteiger charge is -1.98. The highest BCUT2D eigenvalue weighted by Gasteiger charge is 2.07. The van der Waals surface area contributed by atoms with Crippen molar-refractivity contribution >= 4 is 15.8 Å². The van der Waals surface area contributed by atoms with Gasteiger partial charge in [0.2, 0.25) is 10.0 Å². The van der Waals surface area contributed by atoms with Gasteiger partial charge in [-0.15, -0.1) is 0 Å². The van der Waals surface area contributed by atoms with Crippen LogP contribution < -0.4 is 4.72 Å². The minimum Gasteiger partial charge on any atom is -0.363 e. The van der Waals surface area contributed by atoms with Crippen LogP contribution in [0.5, 0.6) is 0 Å². The van der Waals surface area contributed by atoms with E-state index in [9.17, 15) is 8.42 Å². The van der Waals surface area contributed by atoms with Gasteiger partial charge in [-0.1, -0.05) is 5.16 Å². The van der Waals surface area contributed by atoms with Crippen LogP contribution in [0.15, 0.2) is 16.9 Å². The maximum Gasteiger partial charge on any atom is 0.233 e. The number of nitrogens with one attached hydrogen (secondary N) is 1. The topological polar surface area (TPSA) is 72.2 Å². The Bertz CT molecular complexity index is 302. The molecular weight excluding hydrogens is 168 g/mol. The molecule has 0 saturated heterocycles. The fraction of sp³-hybridized carbons (Fsp3) is 0.400. The first-order chi connectivity index (χ1) is 5.14. The first kappa shape index (κ1) is 8.06. The Balaban J connectivity index is 2.72. The largest absolute Gasteiger partial charge is 0.363 e. The van der Waals surface area contributed by atoms with Crippen molar-refractivity contribution in [2.24, 2.45) is 0 Å². The van der Waals surface area contributed by atoms with Crippen LogP contribution in [0.1, 0.15) is 6.92 Å². The molecule has 1 N–H and O–H groups in total. The van der Waals surface area contributed by atoms with Gasteiger partial charge < -0.3 is 4.52 Å². The summed E-state index contributed by atoms with van der Waals surface area (Å²) in [5, 5.41) is 3.38. The van der Waals surface area contributed by atoms with Crippen molar-refractivity contribution in [3.63, 3.8) is 0 Å². The van der Waals surface area contributed by atoms with Crippen molar-refractivity contribution in [3.05, 3.63) is 12.3 Å². The van der Waals surface area contributed by atoms with E-state index in [-0.39, 0.29) is 11.6 Å². The summed E-state index contributed by atoms with van der Waals surface area (Å²) in [6.45, 7) is 1.54. The van der Waals surface area contributed by atoms with Crippen LogP contribution in [-0.2, 0) is 10.0 Å². The molecule has 11 heavy (non-hydrogen) atoms. The van der Waals surface area contributed by atoms with Crippen molar-refractivity contribution in [2.75, 3.05) is 10.5 Å². The Kier molecular flexibility index (Phi) is 2.13. The summed E-state index contributed by atoms with van der Waals surface area (Å²) < 4.78 is 28.4. The SMILES string of the molecule is CCS(=O)(=O)Nc1ccon1. The normalized spacial score (nSPS) is 11.4. The summed E-state index contributed by atoms with van der Waals surface area (Å²) in [6, 6.07) is 1.44. The van der Waals surface area contributed by atoms with Crippen LogP contribution in [0, 0.1) is 0 Å². The van der Waals surface area contributed by atoms with E-state index < -0.39 is 10.0 Å². The third-order valence-electron chi connectivity index (χ3n) is 1.08. The highest BCUT2D eigenvalue weighted by molar-refractivity contribution is 7.92. The Morgan fingerprint density at radius 1 is 1.73 bits per heavy atom. The van der Waals surface area contributed by atoms with E-state index in [1.165, 1.54) is 12.3 Å². The number of anilines is 1. The van der Waals surface area contributed by atoms with E-state index in [0.717, 1.165) is 0 Å². The molecule has 0 aliphatic heterocycles. The molecule has 5 nitrogen and oxygen atoms in total. The number of aromatic nitrogens is 1. The minimum absolute atomic E-state index is 0.0276. The van der Waals surface area contributed by atoms with E-state index in [1.54, 1.807) is 6.92 Å². The van der Waals surface area contributed by atoms with Gasteiger partial charge in [-0.25, -0.2) is 8.42 Å². The zero-order valence-electron chi connectivity index (χ0n) is 5.94. The number of rotatable bonds is 3. The first-order valence-electron chi connectivity index (χ1n) is 3.05. The summed E-state index contributed by atoms with van der Waals surface area (Å²) in [7, 11) is -3.21. The lowest BCUT2D eigenvalue weighted by molar-refractivity contribution is 0.423. The quantitative estimate of drug-likeness (QED) is 0.725. The summed E-state index contributed by atoms with van der Waals surface area (Å²) in [5.41, 5.74) is 0. The second-order valence-electron chi connectivity index (χ2n) is 1.89. The van der Waals surface area contributed by atoms with Crippen LogP contribution in [0.2, 0.25) is 0 Å². The third-order valence-corrected chi connectivity index (χ3v) is 2.36. The first-order valence-corrected chi connectivity index (χ1v) is 4.70. The van der Waals surface area contributed by atoms with E-state index in [2.05, 4.69) is 14.4 Å². The predicted molar refractivity (Wildman–Crippen MR) is 39.6 cm³/mol. The molecule has 6 heteroatoms. The molecule has 0 bridgehead atoms. The molecule has 0 radical (unpaired) electrons. The van der Waals surface area contributed by atoms with Crippen LogP contribution in [0.25, 0.3) is 0 Å². The van der Waals surface area contributed by atoms with Crippen molar-refractivity contribution in [3.8, 4) is 0 Å². The summed E-state index contributed by atoms with van der Waals surface area (Å²) in [4.78, 5) is 0. The molecule has 0 unspecified atom stereocenters. The van der Waals surface area contributed by atoms with E-state index in [4.69, 9.17) is 0 Å². The molecule has 0 amide bonds. The number of hydrogen-bond donors (Lipinski definition) is 1. The van der Waals surface area contributed by atoms with Gasteiger partial charge in [0.25, 0.3) is 0 Å².